The van der Waals surface area contributed by atoms with Crippen molar-refractivity contribution in [3.63, 3.8) is 0 Å². The molecule has 2 N–H and O–H groups in total. The van der Waals surface area contributed by atoms with E-state index in [0.29, 0.717) is 12.1 Å². The summed E-state index contributed by atoms with van der Waals surface area (Å²) in [6.45, 7) is 3.46. The van der Waals surface area contributed by atoms with Gasteiger partial charge in [-0.25, -0.2) is 10.2 Å². The van der Waals surface area contributed by atoms with E-state index in [0.717, 1.165) is 12.1 Å². The van der Waals surface area contributed by atoms with E-state index in [-0.39, 0.29) is 12.5 Å². The van der Waals surface area contributed by atoms with Crippen LogP contribution in [0.15, 0.2) is 54.6 Å². The van der Waals surface area contributed by atoms with Crippen LogP contribution in [0.5, 0.6) is 0 Å². The van der Waals surface area contributed by atoms with Crippen molar-refractivity contribution in [1.29, 1.82) is 0 Å². The molecule has 0 saturated heterocycles. The fraction of sp³-hybridized carbons (Fsp3) is 0.263. The fourth-order valence-electron chi connectivity index (χ4n) is 2.42. The number of rotatable bonds is 6. The second-order valence-electron chi connectivity index (χ2n) is 5.66. The van der Waals surface area contributed by atoms with Gasteiger partial charge in [-0.1, -0.05) is 42.5 Å². The molecule has 0 aromatic heterocycles. The Hall–Kier alpha value is -2.86. The molecule has 0 bridgehead atoms. The summed E-state index contributed by atoms with van der Waals surface area (Å²) >= 11 is 0. The topological polar surface area (TPSA) is 70.7 Å². The summed E-state index contributed by atoms with van der Waals surface area (Å²) in [7, 11) is 2.03. The van der Waals surface area contributed by atoms with Crippen molar-refractivity contribution < 1.29 is 14.3 Å². The first-order valence-corrected chi connectivity index (χ1v) is 8.13. The number of ether oxygens (including phenoxy) is 1. The van der Waals surface area contributed by atoms with Gasteiger partial charge in [0.05, 0.1) is 6.61 Å². The van der Waals surface area contributed by atoms with Crippen molar-refractivity contribution in [1.82, 2.24) is 15.8 Å². The maximum Gasteiger partial charge on any atom is 0.426 e. The van der Waals surface area contributed by atoms with E-state index in [2.05, 4.69) is 32.6 Å². The molecule has 0 fully saturated rings. The average molecular weight is 341 g/mol. The Balaban J connectivity index is 1.91. The lowest BCUT2D eigenvalue weighted by Crippen LogP contribution is -2.41. The van der Waals surface area contributed by atoms with E-state index in [1.165, 1.54) is 5.56 Å². The number of hydrazine groups is 1. The molecule has 25 heavy (non-hydrogen) atoms. The quantitative estimate of drug-likeness (QED) is 0.793. The Morgan fingerprint density at radius 3 is 2.36 bits per heavy atom. The molecule has 0 aliphatic rings. The molecular formula is C19H23N3O3. The Bertz CT molecular complexity index is 704. The van der Waals surface area contributed by atoms with Crippen molar-refractivity contribution in [2.45, 2.75) is 20.0 Å². The summed E-state index contributed by atoms with van der Waals surface area (Å²) < 4.78 is 4.69. The summed E-state index contributed by atoms with van der Waals surface area (Å²) in [4.78, 5) is 25.5. The molecule has 0 aliphatic carbocycles. The van der Waals surface area contributed by atoms with Crippen LogP contribution in [0.3, 0.4) is 0 Å². The van der Waals surface area contributed by atoms with E-state index in [4.69, 9.17) is 0 Å². The lowest BCUT2D eigenvalue weighted by molar-refractivity contribution is 0.0912. The van der Waals surface area contributed by atoms with Crippen LogP contribution in [0.2, 0.25) is 0 Å². The third-order valence-electron chi connectivity index (χ3n) is 3.49. The molecule has 132 valence electrons. The van der Waals surface area contributed by atoms with Gasteiger partial charge in [-0.15, -0.1) is 0 Å². The summed E-state index contributed by atoms with van der Waals surface area (Å²) in [5, 5.41) is 0. The Kier molecular flexibility index (Phi) is 6.98. The Morgan fingerprint density at radius 2 is 1.64 bits per heavy atom. The van der Waals surface area contributed by atoms with Gasteiger partial charge in [-0.3, -0.25) is 15.1 Å². The van der Waals surface area contributed by atoms with E-state index in [1.807, 2.05) is 43.4 Å². The summed E-state index contributed by atoms with van der Waals surface area (Å²) in [6, 6.07) is 17.5. The van der Waals surface area contributed by atoms with Gasteiger partial charge in [0.1, 0.15) is 0 Å². The molecule has 0 radical (unpaired) electrons. The highest BCUT2D eigenvalue weighted by molar-refractivity contribution is 5.95. The number of carbonyl (C=O) groups is 2. The van der Waals surface area contributed by atoms with Gasteiger partial charge in [0.15, 0.2) is 0 Å². The molecule has 6 heteroatoms. The lowest BCUT2D eigenvalue weighted by Gasteiger charge is -2.17. The maximum absolute atomic E-state index is 12.1. The third kappa shape index (κ3) is 6.27. The Labute approximate surface area is 147 Å². The van der Waals surface area contributed by atoms with Gasteiger partial charge < -0.3 is 4.74 Å². The van der Waals surface area contributed by atoms with E-state index < -0.39 is 6.09 Å². The molecule has 0 heterocycles. The SMILES string of the molecule is CCOC(=O)NNC(=O)c1cccc(CN(C)Cc2ccccc2)c1. The zero-order chi connectivity index (χ0) is 18.1. The number of hydrogen-bond acceptors (Lipinski definition) is 4. The fourth-order valence-corrected chi connectivity index (χ4v) is 2.42. The van der Waals surface area contributed by atoms with E-state index >= 15 is 0 Å². The predicted molar refractivity (Wildman–Crippen MR) is 95.7 cm³/mol. The first-order chi connectivity index (χ1) is 12.1. The number of nitrogens with one attached hydrogen (secondary N) is 2. The summed E-state index contributed by atoms with van der Waals surface area (Å²) in [6.07, 6.45) is -0.686. The first kappa shape index (κ1) is 18.5. The minimum atomic E-state index is -0.686. The number of benzene rings is 2. The Morgan fingerprint density at radius 1 is 0.960 bits per heavy atom. The highest BCUT2D eigenvalue weighted by Gasteiger charge is 2.09. The molecule has 0 spiro atoms. The number of carbonyl (C=O) groups excluding carboxylic acids is 2. The van der Waals surface area contributed by atoms with Crippen LogP contribution in [-0.4, -0.2) is 30.6 Å². The molecule has 2 aromatic carbocycles. The third-order valence-corrected chi connectivity index (χ3v) is 3.49. The van der Waals surface area contributed by atoms with Gasteiger partial charge >= 0.3 is 6.09 Å². The maximum atomic E-state index is 12.1. The van der Waals surface area contributed by atoms with Gasteiger partial charge in [0, 0.05) is 18.7 Å². The van der Waals surface area contributed by atoms with Crippen LogP contribution in [0.1, 0.15) is 28.4 Å². The molecule has 2 aromatic rings. The molecule has 0 saturated carbocycles. The number of hydrogen-bond donors (Lipinski definition) is 2. The molecule has 0 atom stereocenters. The van der Waals surface area contributed by atoms with Crippen molar-refractivity contribution in [2.24, 2.45) is 0 Å². The molecular weight excluding hydrogens is 318 g/mol. The van der Waals surface area contributed by atoms with Crippen molar-refractivity contribution >= 4 is 12.0 Å². The molecule has 2 amide bonds. The normalized spacial score (nSPS) is 10.4. The minimum Gasteiger partial charge on any atom is -0.449 e. The zero-order valence-electron chi connectivity index (χ0n) is 14.5. The van der Waals surface area contributed by atoms with Gasteiger partial charge in [0.2, 0.25) is 0 Å². The van der Waals surface area contributed by atoms with Crippen LogP contribution < -0.4 is 10.9 Å². The van der Waals surface area contributed by atoms with E-state index in [9.17, 15) is 9.59 Å². The molecule has 0 aliphatic heterocycles. The standard InChI is InChI=1S/C19H23N3O3/c1-3-25-19(24)21-20-18(23)17-11-7-10-16(12-17)14-22(2)13-15-8-5-4-6-9-15/h4-12H,3,13-14H2,1-2H3,(H,20,23)(H,21,24). The van der Waals surface area contributed by atoms with Crippen LogP contribution in [-0.2, 0) is 17.8 Å². The monoisotopic (exact) mass is 341 g/mol. The van der Waals surface area contributed by atoms with Crippen LogP contribution in [0, 0.1) is 0 Å². The smallest absolute Gasteiger partial charge is 0.426 e. The van der Waals surface area contributed by atoms with Crippen molar-refractivity contribution in [2.75, 3.05) is 13.7 Å². The highest BCUT2D eigenvalue weighted by Crippen LogP contribution is 2.10. The minimum absolute atomic E-state index is 0.241. The largest absolute Gasteiger partial charge is 0.449 e. The zero-order valence-corrected chi connectivity index (χ0v) is 14.5. The first-order valence-electron chi connectivity index (χ1n) is 8.13. The highest BCUT2D eigenvalue weighted by atomic mass is 16.5. The number of amides is 2. The lowest BCUT2D eigenvalue weighted by atomic mass is 10.1. The van der Waals surface area contributed by atoms with Crippen molar-refractivity contribution in [3.05, 3.63) is 71.3 Å². The molecule has 0 unspecified atom stereocenters. The molecule has 2 rings (SSSR count). The predicted octanol–water partition coefficient (Wildman–Crippen LogP) is 2.71. The van der Waals surface area contributed by atoms with Gasteiger partial charge in [0.25, 0.3) is 5.91 Å². The second-order valence-corrected chi connectivity index (χ2v) is 5.66. The number of nitrogens with zero attached hydrogens (tertiary/aromatic N) is 1. The van der Waals surface area contributed by atoms with Gasteiger partial charge in [-0.05, 0) is 37.2 Å². The van der Waals surface area contributed by atoms with E-state index in [1.54, 1.807) is 13.0 Å². The average Bonchev–Trinajstić information content (AvgIpc) is 2.61. The van der Waals surface area contributed by atoms with Gasteiger partial charge in [-0.2, -0.15) is 0 Å². The van der Waals surface area contributed by atoms with Crippen LogP contribution >= 0.6 is 0 Å². The second kappa shape index (κ2) is 9.44. The molecule has 6 nitrogen and oxygen atoms in total. The summed E-state index contributed by atoms with van der Waals surface area (Å²) in [5.74, 6) is -0.388. The summed E-state index contributed by atoms with van der Waals surface area (Å²) in [5.41, 5.74) is 7.25. The van der Waals surface area contributed by atoms with Crippen LogP contribution in [0.25, 0.3) is 0 Å². The van der Waals surface area contributed by atoms with Crippen LogP contribution in [0.4, 0.5) is 4.79 Å². The van der Waals surface area contributed by atoms with Crippen molar-refractivity contribution in [3.8, 4) is 0 Å².